The maximum Gasteiger partial charge on any atom is 0.402 e. The molecular weight excluding hydrogens is 216 g/mol. The van der Waals surface area contributed by atoms with E-state index in [1.807, 2.05) is 0 Å². The van der Waals surface area contributed by atoms with Crippen LogP contribution in [-0.4, -0.2) is 22.4 Å². The summed E-state index contributed by atoms with van der Waals surface area (Å²) in [5, 5.41) is -0.858. The molecule has 0 N–H and O–H groups in total. The van der Waals surface area contributed by atoms with Gasteiger partial charge in [-0.1, -0.05) is 18.2 Å². The lowest BCUT2D eigenvalue weighted by molar-refractivity contribution is 0.101. The lowest BCUT2D eigenvalue weighted by Gasteiger charge is -2.04. The van der Waals surface area contributed by atoms with E-state index in [-0.39, 0.29) is 16.2 Å². The highest BCUT2D eigenvalue weighted by molar-refractivity contribution is 8.00. The standard InChI is InChI=1S/C10H10O4S/c1-7(11)8-5-3-4-6-9(8)15(13)10(12)14-2/h3-6H,1-2H3. The van der Waals surface area contributed by atoms with Crippen LogP contribution in [-0.2, 0) is 15.5 Å². The average Bonchev–Trinajstić information content (AvgIpc) is 2.27. The van der Waals surface area contributed by atoms with Gasteiger partial charge in [0.2, 0.25) is 0 Å². The molecule has 0 heterocycles. The first-order valence-corrected chi connectivity index (χ1v) is 5.32. The zero-order valence-corrected chi connectivity index (χ0v) is 9.17. The molecule has 0 aliphatic rings. The van der Waals surface area contributed by atoms with E-state index in [9.17, 15) is 13.8 Å². The summed E-state index contributed by atoms with van der Waals surface area (Å²) in [6, 6.07) is 6.26. The Morgan fingerprint density at radius 1 is 1.27 bits per heavy atom. The fourth-order valence-electron chi connectivity index (χ4n) is 1.08. The Labute approximate surface area is 89.7 Å². The second-order valence-corrected chi connectivity index (χ2v) is 4.09. The van der Waals surface area contributed by atoms with E-state index >= 15 is 0 Å². The van der Waals surface area contributed by atoms with Crippen LogP contribution in [0.1, 0.15) is 17.3 Å². The summed E-state index contributed by atoms with van der Waals surface area (Å²) < 4.78 is 15.9. The monoisotopic (exact) mass is 226 g/mol. The van der Waals surface area contributed by atoms with Crippen molar-refractivity contribution in [2.24, 2.45) is 0 Å². The van der Waals surface area contributed by atoms with Gasteiger partial charge in [0, 0.05) is 5.56 Å². The third-order valence-corrected chi connectivity index (χ3v) is 3.01. The van der Waals surface area contributed by atoms with Gasteiger partial charge in [-0.3, -0.25) is 4.79 Å². The van der Waals surface area contributed by atoms with Gasteiger partial charge in [-0.05, 0) is 13.0 Å². The first-order valence-electron chi connectivity index (χ1n) is 4.17. The van der Waals surface area contributed by atoms with Crippen LogP contribution < -0.4 is 0 Å². The topological polar surface area (TPSA) is 60.4 Å². The van der Waals surface area contributed by atoms with Gasteiger partial charge in [0.05, 0.1) is 12.0 Å². The van der Waals surface area contributed by atoms with Gasteiger partial charge >= 0.3 is 5.30 Å². The Balaban J connectivity index is 3.19. The summed E-state index contributed by atoms with van der Waals surface area (Å²) in [5.74, 6) is -0.233. The fraction of sp³-hybridized carbons (Fsp3) is 0.200. The van der Waals surface area contributed by atoms with E-state index in [0.29, 0.717) is 0 Å². The van der Waals surface area contributed by atoms with Gasteiger partial charge in [0.15, 0.2) is 16.6 Å². The molecule has 1 rings (SSSR count). The summed E-state index contributed by atoms with van der Waals surface area (Å²) in [5.41, 5.74) is 0.279. The summed E-state index contributed by atoms with van der Waals surface area (Å²) in [7, 11) is -0.793. The van der Waals surface area contributed by atoms with Crippen molar-refractivity contribution in [1.29, 1.82) is 0 Å². The van der Waals surface area contributed by atoms with Crippen LogP contribution in [0.15, 0.2) is 29.2 Å². The number of benzene rings is 1. The molecule has 0 amide bonds. The zero-order valence-electron chi connectivity index (χ0n) is 8.35. The smallest absolute Gasteiger partial charge is 0.402 e. The van der Waals surface area contributed by atoms with E-state index in [4.69, 9.17) is 0 Å². The Bertz CT molecular complexity index is 425. The van der Waals surface area contributed by atoms with Crippen molar-refractivity contribution in [3.63, 3.8) is 0 Å². The van der Waals surface area contributed by atoms with Gasteiger partial charge < -0.3 is 4.74 Å². The third kappa shape index (κ3) is 2.50. The maximum atomic E-state index is 11.6. The van der Waals surface area contributed by atoms with Crippen LogP contribution in [0.5, 0.6) is 0 Å². The van der Waals surface area contributed by atoms with E-state index in [1.54, 1.807) is 12.1 Å². The van der Waals surface area contributed by atoms with Gasteiger partial charge in [0.25, 0.3) is 0 Å². The van der Waals surface area contributed by atoms with E-state index < -0.39 is 16.1 Å². The first kappa shape index (κ1) is 11.6. The molecule has 15 heavy (non-hydrogen) atoms. The van der Waals surface area contributed by atoms with Crippen molar-refractivity contribution in [2.75, 3.05) is 7.11 Å². The van der Waals surface area contributed by atoms with Gasteiger partial charge in [-0.25, -0.2) is 9.00 Å². The summed E-state index contributed by atoms with van der Waals surface area (Å²) in [6.45, 7) is 1.35. The van der Waals surface area contributed by atoms with Crippen molar-refractivity contribution >= 4 is 21.9 Å². The molecule has 0 saturated heterocycles. The zero-order chi connectivity index (χ0) is 11.4. The highest BCUT2D eigenvalue weighted by atomic mass is 32.2. The Morgan fingerprint density at radius 2 is 1.87 bits per heavy atom. The molecule has 0 spiro atoms. The molecule has 5 heteroatoms. The molecule has 0 bridgehead atoms. The maximum absolute atomic E-state index is 11.6. The molecule has 0 fully saturated rings. The number of Topliss-reactive ketones (excluding diaryl/α,β-unsaturated/α-hetero) is 1. The lowest BCUT2D eigenvalue weighted by Crippen LogP contribution is -2.10. The lowest BCUT2D eigenvalue weighted by atomic mass is 10.1. The van der Waals surface area contributed by atoms with Crippen LogP contribution in [0.25, 0.3) is 0 Å². The van der Waals surface area contributed by atoms with Crippen LogP contribution in [0.4, 0.5) is 4.79 Å². The summed E-state index contributed by atoms with van der Waals surface area (Å²) in [4.78, 5) is 22.4. The number of ketones is 1. The highest BCUT2D eigenvalue weighted by Crippen LogP contribution is 2.15. The number of methoxy groups -OCH3 is 1. The van der Waals surface area contributed by atoms with Gasteiger partial charge in [-0.15, -0.1) is 0 Å². The van der Waals surface area contributed by atoms with Crippen LogP contribution in [0.2, 0.25) is 0 Å². The molecular formula is C10H10O4S. The molecule has 0 aliphatic carbocycles. The number of ether oxygens (including phenoxy) is 1. The second-order valence-electron chi connectivity index (χ2n) is 2.78. The predicted molar refractivity (Wildman–Crippen MR) is 55.3 cm³/mol. The largest absolute Gasteiger partial charge is 0.459 e. The number of carbonyl (C=O) groups excluding carboxylic acids is 2. The van der Waals surface area contributed by atoms with Crippen molar-refractivity contribution < 1.29 is 18.5 Å². The molecule has 1 aromatic carbocycles. The Hall–Kier alpha value is -1.49. The number of rotatable bonds is 2. The third-order valence-electron chi connectivity index (χ3n) is 1.78. The Morgan fingerprint density at radius 3 is 2.40 bits per heavy atom. The quantitative estimate of drug-likeness (QED) is 0.569. The van der Waals surface area contributed by atoms with E-state index in [1.165, 1.54) is 19.1 Å². The van der Waals surface area contributed by atoms with E-state index in [0.717, 1.165) is 7.11 Å². The molecule has 4 nitrogen and oxygen atoms in total. The molecule has 80 valence electrons. The Kier molecular flexibility index (Phi) is 3.74. The number of carbonyl (C=O) groups is 2. The van der Waals surface area contributed by atoms with Crippen molar-refractivity contribution in [1.82, 2.24) is 0 Å². The van der Waals surface area contributed by atoms with Gasteiger partial charge in [0.1, 0.15) is 0 Å². The molecule has 1 unspecified atom stereocenters. The number of hydrogen-bond acceptors (Lipinski definition) is 4. The average molecular weight is 226 g/mol. The first-order chi connectivity index (χ1) is 7.07. The minimum absolute atomic E-state index is 0.192. The molecule has 0 aliphatic heterocycles. The van der Waals surface area contributed by atoms with Gasteiger partial charge in [-0.2, -0.15) is 0 Å². The summed E-state index contributed by atoms with van der Waals surface area (Å²) in [6.07, 6.45) is 0. The van der Waals surface area contributed by atoms with Crippen molar-refractivity contribution in [2.45, 2.75) is 11.8 Å². The predicted octanol–water partition coefficient (Wildman–Crippen LogP) is 1.76. The molecule has 1 atom stereocenters. The van der Waals surface area contributed by atoms with Crippen LogP contribution in [0.3, 0.4) is 0 Å². The minimum atomic E-state index is -1.94. The van der Waals surface area contributed by atoms with Crippen molar-refractivity contribution in [3.8, 4) is 0 Å². The van der Waals surface area contributed by atoms with Crippen LogP contribution in [0, 0.1) is 0 Å². The highest BCUT2D eigenvalue weighted by Gasteiger charge is 2.19. The normalized spacial score (nSPS) is 11.9. The van der Waals surface area contributed by atoms with Crippen molar-refractivity contribution in [3.05, 3.63) is 29.8 Å². The second kappa shape index (κ2) is 4.84. The number of hydrogen-bond donors (Lipinski definition) is 0. The molecule has 0 aromatic heterocycles. The molecule has 0 saturated carbocycles. The fourth-order valence-corrected chi connectivity index (χ4v) is 2.03. The molecule has 0 radical (unpaired) electrons. The molecule has 1 aromatic rings. The van der Waals surface area contributed by atoms with E-state index in [2.05, 4.69) is 4.74 Å². The SMILES string of the molecule is COC(=O)S(=O)c1ccccc1C(C)=O. The minimum Gasteiger partial charge on any atom is -0.459 e. The summed E-state index contributed by atoms with van der Waals surface area (Å²) >= 11 is 0. The van der Waals surface area contributed by atoms with Crippen LogP contribution >= 0.6 is 0 Å².